The molecular formula is C16H18N2O2. The van der Waals surface area contributed by atoms with E-state index in [2.05, 4.69) is 6.07 Å². The maximum Gasteiger partial charge on any atom is 0.237 e. The summed E-state index contributed by atoms with van der Waals surface area (Å²) in [6.45, 7) is 5.94. The standard InChI is InChI=1S/C16H18N2O2/c1-4-14(19)11-6-7-13-12(10-11)16(2,3)15(20)18(13)9-5-8-17/h6-7,10H,4-5,9H2,1-3H3. The lowest BCUT2D eigenvalue weighted by atomic mass is 9.85. The van der Waals surface area contributed by atoms with Crippen molar-refractivity contribution < 1.29 is 9.59 Å². The van der Waals surface area contributed by atoms with Crippen LogP contribution in [0.15, 0.2) is 18.2 Å². The van der Waals surface area contributed by atoms with Crippen LogP contribution in [0, 0.1) is 11.3 Å². The smallest absolute Gasteiger partial charge is 0.237 e. The molecule has 104 valence electrons. The van der Waals surface area contributed by atoms with Gasteiger partial charge in [0, 0.05) is 24.2 Å². The lowest BCUT2D eigenvalue weighted by Gasteiger charge is -2.19. The summed E-state index contributed by atoms with van der Waals surface area (Å²) >= 11 is 0. The van der Waals surface area contributed by atoms with Gasteiger partial charge in [-0.15, -0.1) is 0 Å². The van der Waals surface area contributed by atoms with Crippen LogP contribution in [0.25, 0.3) is 0 Å². The molecule has 0 N–H and O–H groups in total. The van der Waals surface area contributed by atoms with Crippen LogP contribution in [0.2, 0.25) is 0 Å². The molecule has 1 aromatic rings. The Morgan fingerprint density at radius 3 is 2.70 bits per heavy atom. The molecule has 4 nitrogen and oxygen atoms in total. The third-order valence-electron chi connectivity index (χ3n) is 3.83. The van der Waals surface area contributed by atoms with E-state index >= 15 is 0 Å². The highest BCUT2D eigenvalue weighted by Crippen LogP contribution is 2.42. The summed E-state index contributed by atoms with van der Waals surface area (Å²) in [6, 6.07) is 7.47. The summed E-state index contributed by atoms with van der Waals surface area (Å²) in [5.74, 6) is 0.0652. The Morgan fingerprint density at radius 2 is 2.10 bits per heavy atom. The lowest BCUT2D eigenvalue weighted by molar-refractivity contribution is -0.122. The van der Waals surface area contributed by atoms with E-state index in [0.717, 1.165) is 11.3 Å². The Labute approximate surface area is 119 Å². The van der Waals surface area contributed by atoms with Gasteiger partial charge in [-0.1, -0.05) is 6.92 Å². The minimum absolute atomic E-state index is 0.0103. The van der Waals surface area contributed by atoms with Gasteiger partial charge in [0.2, 0.25) is 5.91 Å². The number of hydrogen-bond donors (Lipinski definition) is 0. The van der Waals surface area contributed by atoms with Gasteiger partial charge in [0.15, 0.2) is 5.78 Å². The summed E-state index contributed by atoms with van der Waals surface area (Å²) < 4.78 is 0. The molecule has 0 saturated carbocycles. The van der Waals surface area contributed by atoms with Crippen LogP contribution < -0.4 is 4.90 Å². The number of ketones is 1. The number of fused-ring (bicyclic) bond motifs is 1. The summed E-state index contributed by atoms with van der Waals surface area (Å²) in [5, 5.41) is 8.71. The van der Waals surface area contributed by atoms with Crippen LogP contribution in [0.3, 0.4) is 0 Å². The zero-order valence-electron chi connectivity index (χ0n) is 12.1. The first-order chi connectivity index (χ1) is 9.43. The number of rotatable bonds is 4. The van der Waals surface area contributed by atoms with E-state index in [1.807, 2.05) is 32.9 Å². The van der Waals surface area contributed by atoms with Crippen LogP contribution >= 0.6 is 0 Å². The molecular weight excluding hydrogens is 252 g/mol. The molecule has 0 aliphatic carbocycles. The number of carbonyl (C=O) groups is 2. The fraction of sp³-hybridized carbons (Fsp3) is 0.438. The molecule has 0 bridgehead atoms. The number of anilines is 1. The van der Waals surface area contributed by atoms with Gasteiger partial charge in [-0.05, 0) is 37.6 Å². The summed E-state index contributed by atoms with van der Waals surface area (Å²) in [7, 11) is 0. The van der Waals surface area contributed by atoms with Crippen molar-refractivity contribution in [3.8, 4) is 6.07 Å². The van der Waals surface area contributed by atoms with Gasteiger partial charge >= 0.3 is 0 Å². The third kappa shape index (κ3) is 2.09. The quantitative estimate of drug-likeness (QED) is 0.790. The molecule has 1 amide bonds. The number of amides is 1. The average molecular weight is 270 g/mol. The Balaban J connectivity index is 2.49. The molecule has 4 heteroatoms. The van der Waals surface area contributed by atoms with E-state index in [1.54, 1.807) is 11.0 Å². The first kappa shape index (κ1) is 14.3. The largest absolute Gasteiger partial charge is 0.310 e. The Hall–Kier alpha value is -2.15. The van der Waals surface area contributed by atoms with Gasteiger partial charge < -0.3 is 4.90 Å². The fourth-order valence-corrected chi connectivity index (χ4v) is 2.60. The molecule has 0 radical (unpaired) electrons. The van der Waals surface area contributed by atoms with Crippen molar-refractivity contribution >= 4 is 17.4 Å². The van der Waals surface area contributed by atoms with Crippen molar-refractivity contribution in [3.05, 3.63) is 29.3 Å². The van der Waals surface area contributed by atoms with E-state index in [9.17, 15) is 9.59 Å². The lowest BCUT2D eigenvalue weighted by Crippen LogP contribution is -2.36. The minimum Gasteiger partial charge on any atom is -0.310 e. The van der Waals surface area contributed by atoms with Crippen molar-refractivity contribution in [1.82, 2.24) is 0 Å². The van der Waals surface area contributed by atoms with E-state index in [4.69, 9.17) is 5.26 Å². The molecule has 20 heavy (non-hydrogen) atoms. The number of nitrogens with zero attached hydrogens (tertiary/aromatic N) is 2. The first-order valence-corrected chi connectivity index (χ1v) is 6.80. The Bertz CT molecular complexity index is 611. The summed E-state index contributed by atoms with van der Waals surface area (Å²) in [6.07, 6.45) is 0.752. The number of nitriles is 1. The van der Waals surface area contributed by atoms with E-state index in [0.29, 0.717) is 24.9 Å². The molecule has 2 rings (SSSR count). The highest BCUT2D eigenvalue weighted by atomic mass is 16.2. The van der Waals surface area contributed by atoms with Crippen LogP contribution in [-0.4, -0.2) is 18.2 Å². The fourth-order valence-electron chi connectivity index (χ4n) is 2.60. The molecule has 0 aromatic heterocycles. The van der Waals surface area contributed by atoms with Crippen LogP contribution in [0.1, 0.15) is 49.5 Å². The van der Waals surface area contributed by atoms with Crippen molar-refractivity contribution in [3.63, 3.8) is 0 Å². The van der Waals surface area contributed by atoms with Crippen molar-refractivity contribution in [1.29, 1.82) is 5.26 Å². The Kier molecular flexibility index (Phi) is 3.63. The molecule has 1 aliphatic rings. The zero-order chi connectivity index (χ0) is 14.9. The van der Waals surface area contributed by atoms with Crippen molar-refractivity contribution in [2.45, 2.75) is 39.0 Å². The highest BCUT2D eigenvalue weighted by molar-refractivity contribution is 6.08. The van der Waals surface area contributed by atoms with E-state index in [1.165, 1.54) is 0 Å². The molecule has 0 unspecified atom stereocenters. The minimum atomic E-state index is -0.644. The number of Topliss-reactive ketones (excluding diaryl/α,β-unsaturated/α-hetero) is 1. The molecule has 0 atom stereocenters. The average Bonchev–Trinajstić information content (AvgIpc) is 2.64. The van der Waals surface area contributed by atoms with Crippen LogP contribution in [0.4, 0.5) is 5.69 Å². The normalized spacial score (nSPS) is 15.9. The van der Waals surface area contributed by atoms with Gasteiger partial charge in [0.05, 0.1) is 17.9 Å². The maximum atomic E-state index is 12.5. The molecule has 1 aromatic carbocycles. The van der Waals surface area contributed by atoms with Gasteiger partial charge in [-0.25, -0.2) is 0 Å². The second-order valence-corrected chi connectivity index (χ2v) is 5.50. The topological polar surface area (TPSA) is 61.2 Å². The third-order valence-corrected chi connectivity index (χ3v) is 3.83. The van der Waals surface area contributed by atoms with Gasteiger partial charge in [-0.3, -0.25) is 9.59 Å². The van der Waals surface area contributed by atoms with Crippen molar-refractivity contribution in [2.75, 3.05) is 11.4 Å². The summed E-state index contributed by atoms with van der Waals surface area (Å²) in [4.78, 5) is 25.9. The SMILES string of the molecule is CCC(=O)c1ccc2c(c1)C(C)(C)C(=O)N2CCC#N. The number of carbonyl (C=O) groups excluding carboxylic acids is 2. The number of hydrogen-bond acceptors (Lipinski definition) is 3. The van der Waals surface area contributed by atoms with Gasteiger partial charge in [0.25, 0.3) is 0 Å². The molecule has 1 heterocycles. The predicted octanol–water partition coefficient (Wildman–Crippen LogP) is 2.82. The van der Waals surface area contributed by atoms with Crippen LogP contribution in [0.5, 0.6) is 0 Å². The molecule has 0 spiro atoms. The predicted molar refractivity (Wildman–Crippen MR) is 76.7 cm³/mol. The molecule has 0 saturated heterocycles. The van der Waals surface area contributed by atoms with Gasteiger partial charge in [-0.2, -0.15) is 5.26 Å². The second-order valence-electron chi connectivity index (χ2n) is 5.50. The summed E-state index contributed by atoms with van der Waals surface area (Å²) in [5.41, 5.74) is 1.70. The van der Waals surface area contributed by atoms with E-state index in [-0.39, 0.29) is 11.7 Å². The molecule has 1 aliphatic heterocycles. The maximum absolute atomic E-state index is 12.5. The monoisotopic (exact) mass is 270 g/mol. The molecule has 0 fully saturated rings. The van der Waals surface area contributed by atoms with Gasteiger partial charge in [0.1, 0.15) is 0 Å². The highest BCUT2D eigenvalue weighted by Gasteiger charge is 2.43. The number of benzene rings is 1. The van der Waals surface area contributed by atoms with Crippen molar-refractivity contribution in [2.24, 2.45) is 0 Å². The zero-order valence-corrected chi connectivity index (χ0v) is 12.1. The van der Waals surface area contributed by atoms with Crippen LogP contribution in [-0.2, 0) is 10.2 Å². The second kappa shape index (κ2) is 5.09. The first-order valence-electron chi connectivity index (χ1n) is 6.80. The Morgan fingerprint density at radius 1 is 1.40 bits per heavy atom. The van der Waals surface area contributed by atoms with E-state index < -0.39 is 5.41 Å².